The van der Waals surface area contributed by atoms with Gasteiger partial charge in [0.2, 0.25) is 0 Å². The van der Waals surface area contributed by atoms with Crippen LogP contribution in [0.25, 0.3) is 0 Å². The van der Waals surface area contributed by atoms with Crippen molar-refractivity contribution in [3.63, 3.8) is 0 Å². The number of esters is 3. The Labute approximate surface area is 388 Å². The molecule has 6 heteroatoms. The summed E-state index contributed by atoms with van der Waals surface area (Å²) >= 11 is 0. The molecule has 0 aromatic heterocycles. The van der Waals surface area contributed by atoms with Crippen molar-refractivity contribution in [2.45, 2.75) is 252 Å². The zero-order valence-electron chi connectivity index (χ0n) is 41.2. The van der Waals surface area contributed by atoms with Gasteiger partial charge in [-0.15, -0.1) is 0 Å². The van der Waals surface area contributed by atoms with Crippen molar-refractivity contribution < 1.29 is 28.6 Å². The maximum Gasteiger partial charge on any atom is 0.339 e. The van der Waals surface area contributed by atoms with Crippen LogP contribution in [0, 0.1) is 0 Å². The van der Waals surface area contributed by atoms with E-state index < -0.39 is 17.9 Å². The monoisotopic (exact) mass is 877 g/mol. The normalized spacial score (nSPS) is 11.7. The Morgan fingerprint density at radius 3 is 0.921 bits per heavy atom. The minimum absolute atomic E-state index is 0.0709. The molecule has 63 heavy (non-hydrogen) atoms. The molecule has 0 aliphatic rings. The van der Waals surface area contributed by atoms with Crippen LogP contribution < -0.4 is 0 Å². The lowest BCUT2D eigenvalue weighted by Gasteiger charge is -2.12. The topological polar surface area (TPSA) is 78.9 Å². The average molecular weight is 877 g/mol. The molecule has 1 aromatic carbocycles. The Kier molecular flexibility index (Phi) is 41.7. The number of allylic oxidation sites excluding steroid dienone is 6. The summed E-state index contributed by atoms with van der Waals surface area (Å²) in [5, 5.41) is 0. The minimum Gasteiger partial charge on any atom is -0.462 e. The third-order valence-corrected chi connectivity index (χ3v) is 11.9. The van der Waals surface area contributed by atoms with Crippen LogP contribution in [0.2, 0.25) is 0 Å². The molecule has 0 aliphatic carbocycles. The Morgan fingerprint density at radius 1 is 0.333 bits per heavy atom. The number of unbranched alkanes of at least 4 members (excludes halogenated alkanes) is 30. The Balaban J connectivity index is 2.48. The lowest BCUT2D eigenvalue weighted by atomic mass is 10.0. The number of carbonyl (C=O) groups excluding carboxylic acids is 3. The Bertz CT molecular complexity index is 1310. The van der Waals surface area contributed by atoms with Gasteiger partial charge in [0.1, 0.15) is 0 Å². The molecule has 0 radical (unpaired) electrons. The summed E-state index contributed by atoms with van der Waals surface area (Å²) in [7, 11) is 0. The van der Waals surface area contributed by atoms with E-state index >= 15 is 0 Å². The Hall–Kier alpha value is -3.15. The van der Waals surface area contributed by atoms with E-state index in [2.05, 4.69) is 57.2 Å². The third kappa shape index (κ3) is 35.8. The predicted octanol–water partition coefficient (Wildman–Crippen LogP) is 17.9. The van der Waals surface area contributed by atoms with Gasteiger partial charge in [0, 0.05) is 0 Å². The van der Waals surface area contributed by atoms with E-state index in [1.54, 1.807) is 6.07 Å². The summed E-state index contributed by atoms with van der Waals surface area (Å²) in [5.74, 6) is -1.64. The van der Waals surface area contributed by atoms with Gasteiger partial charge >= 0.3 is 17.9 Å². The molecule has 1 aromatic rings. The second-order valence-corrected chi connectivity index (χ2v) is 17.8. The van der Waals surface area contributed by atoms with Crippen molar-refractivity contribution in [3.8, 4) is 0 Å². The maximum absolute atomic E-state index is 13.4. The first-order chi connectivity index (χ1) is 31.0. The second kappa shape index (κ2) is 45.4. The van der Waals surface area contributed by atoms with Crippen molar-refractivity contribution in [1.82, 2.24) is 0 Å². The summed E-state index contributed by atoms with van der Waals surface area (Å²) in [4.78, 5) is 39.8. The highest BCUT2D eigenvalue weighted by atomic mass is 16.5. The molecule has 0 bridgehead atoms. The lowest BCUT2D eigenvalue weighted by molar-refractivity contribution is 0.0447. The lowest BCUT2D eigenvalue weighted by Crippen LogP contribution is -2.17. The molecule has 1 rings (SSSR count). The van der Waals surface area contributed by atoms with Gasteiger partial charge in [-0.05, 0) is 95.2 Å². The number of ether oxygens (including phenoxy) is 3. The molecule has 0 fully saturated rings. The van der Waals surface area contributed by atoms with Gasteiger partial charge in [-0.2, -0.15) is 0 Å². The fourth-order valence-electron chi connectivity index (χ4n) is 7.94. The van der Waals surface area contributed by atoms with Crippen LogP contribution in [0.4, 0.5) is 0 Å². The van der Waals surface area contributed by atoms with Crippen LogP contribution in [0.3, 0.4) is 0 Å². The van der Waals surface area contributed by atoms with Gasteiger partial charge in [-0.1, -0.05) is 211 Å². The first-order valence-electron chi connectivity index (χ1n) is 26.6. The highest BCUT2D eigenvalue weighted by Crippen LogP contribution is 2.19. The minimum atomic E-state index is -0.598. The summed E-state index contributed by atoms with van der Waals surface area (Å²) in [6.45, 7) is 7.46. The largest absolute Gasteiger partial charge is 0.462 e. The molecular weight excluding hydrogens is 781 g/mol. The summed E-state index contributed by atoms with van der Waals surface area (Å²) in [5.41, 5.74) is 0.457. The van der Waals surface area contributed by atoms with Crippen molar-refractivity contribution in [2.75, 3.05) is 19.8 Å². The fourth-order valence-corrected chi connectivity index (χ4v) is 7.94. The van der Waals surface area contributed by atoms with Gasteiger partial charge in [-0.3, -0.25) is 0 Å². The smallest absolute Gasteiger partial charge is 0.339 e. The Morgan fingerprint density at radius 2 is 0.603 bits per heavy atom. The standard InChI is InChI=1S/C57H96O6/c1-4-7-10-13-16-19-22-25-28-31-34-37-40-43-48-61-55(58)52-46-47-53(56(59)62-49-44-41-38-35-32-29-26-23-20-17-14-11-8-5-2)54(51-52)57(60)63-50-45-42-39-36-33-30-27-24-21-18-15-12-9-6-3/h7-12,46-47,51H,4-6,13-45,48-50H2,1-3H3/b10-7+,11-8+,12-9+. The molecule has 0 heterocycles. The van der Waals surface area contributed by atoms with E-state index in [1.807, 2.05) is 0 Å². The van der Waals surface area contributed by atoms with E-state index in [0.717, 1.165) is 77.0 Å². The number of hydrogen-bond donors (Lipinski definition) is 0. The highest BCUT2D eigenvalue weighted by molar-refractivity contribution is 6.05. The second-order valence-electron chi connectivity index (χ2n) is 17.8. The average Bonchev–Trinajstić information content (AvgIpc) is 3.29. The van der Waals surface area contributed by atoms with Crippen molar-refractivity contribution in [2.24, 2.45) is 0 Å². The van der Waals surface area contributed by atoms with Crippen molar-refractivity contribution in [1.29, 1.82) is 0 Å². The highest BCUT2D eigenvalue weighted by Gasteiger charge is 2.22. The fraction of sp³-hybridized carbons (Fsp3) is 0.737. The summed E-state index contributed by atoms with van der Waals surface area (Å²) in [6, 6.07) is 4.53. The number of hydrogen-bond acceptors (Lipinski definition) is 6. The van der Waals surface area contributed by atoms with Crippen LogP contribution in [0.5, 0.6) is 0 Å². The molecular formula is C57H96O6. The van der Waals surface area contributed by atoms with E-state index in [9.17, 15) is 14.4 Å². The van der Waals surface area contributed by atoms with Crippen LogP contribution >= 0.6 is 0 Å². The molecule has 0 atom stereocenters. The summed E-state index contributed by atoms with van der Waals surface area (Å²) < 4.78 is 16.9. The number of rotatable bonds is 45. The molecule has 0 unspecified atom stereocenters. The zero-order chi connectivity index (χ0) is 45.5. The van der Waals surface area contributed by atoms with Gasteiger partial charge in [-0.25, -0.2) is 14.4 Å². The molecule has 0 aliphatic heterocycles. The molecule has 0 N–H and O–H groups in total. The van der Waals surface area contributed by atoms with Gasteiger partial charge < -0.3 is 14.2 Å². The van der Waals surface area contributed by atoms with Crippen LogP contribution in [-0.4, -0.2) is 37.7 Å². The third-order valence-electron chi connectivity index (χ3n) is 11.9. The number of carbonyl (C=O) groups is 3. The van der Waals surface area contributed by atoms with E-state index in [-0.39, 0.29) is 23.3 Å². The van der Waals surface area contributed by atoms with E-state index in [0.29, 0.717) is 13.2 Å². The quantitative estimate of drug-likeness (QED) is 0.0281. The molecule has 360 valence electrons. The van der Waals surface area contributed by atoms with Gasteiger partial charge in [0.15, 0.2) is 0 Å². The molecule has 0 saturated carbocycles. The SMILES string of the molecule is CC/C=C/CCCCCCCCCCCCOC(=O)c1ccc(C(=O)OCCCCCCCCCCCC/C=C/CC)c(C(=O)OCCCCCCCCCCCC/C=C/CC)c1. The first kappa shape index (κ1) is 57.9. The molecule has 6 nitrogen and oxygen atoms in total. The van der Waals surface area contributed by atoms with Crippen LogP contribution in [0.1, 0.15) is 283 Å². The predicted molar refractivity (Wildman–Crippen MR) is 268 cm³/mol. The summed E-state index contributed by atoms with van der Waals surface area (Å²) in [6.07, 6.45) is 56.5. The van der Waals surface area contributed by atoms with Crippen molar-refractivity contribution in [3.05, 3.63) is 71.3 Å². The van der Waals surface area contributed by atoms with Crippen LogP contribution in [-0.2, 0) is 14.2 Å². The van der Waals surface area contributed by atoms with E-state index in [1.165, 1.54) is 166 Å². The number of benzene rings is 1. The van der Waals surface area contributed by atoms with Gasteiger partial charge in [0.25, 0.3) is 0 Å². The van der Waals surface area contributed by atoms with E-state index in [4.69, 9.17) is 14.2 Å². The molecule has 0 spiro atoms. The first-order valence-corrected chi connectivity index (χ1v) is 26.6. The van der Waals surface area contributed by atoms with Gasteiger partial charge in [0.05, 0.1) is 36.5 Å². The van der Waals surface area contributed by atoms with Crippen molar-refractivity contribution >= 4 is 17.9 Å². The zero-order valence-corrected chi connectivity index (χ0v) is 41.2. The maximum atomic E-state index is 13.4. The molecule has 0 amide bonds. The molecule has 0 saturated heterocycles. The van der Waals surface area contributed by atoms with Crippen LogP contribution in [0.15, 0.2) is 54.7 Å².